The van der Waals surface area contributed by atoms with E-state index in [9.17, 15) is 18.0 Å². The van der Waals surface area contributed by atoms with Crippen molar-refractivity contribution in [2.24, 2.45) is 7.05 Å². The maximum atomic E-state index is 13.4. The van der Waals surface area contributed by atoms with Crippen molar-refractivity contribution in [3.8, 4) is 5.69 Å². The molecule has 9 nitrogen and oxygen atoms in total. The highest BCUT2D eigenvalue weighted by Gasteiger charge is 2.30. The number of aromatic nitrogens is 2. The van der Waals surface area contributed by atoms with Crippen molar-refractivity contribution in [2.45, 2.75) is 37.9 Å². The number of hydrogen-bond donors (Lipinski definition) is 0. The first kappa shape index (κ1) is 24.7. The Kier molecular flexibility index (Phi) is 6.61. The second-order valence-corrected chi connectivity index (χ2v) is 10.8. The van der Waals surface area contributed by atoms with Crippen LogP contribution < -0.4 is 9.86 Å². The van der Waals surface area contributed by atoms with E-state index in [2.05, 4.69) is 0 Å². The van der Waals surface area contributed by atoms with Crippen LogP contribution in [-0.2, 0) is 21.8 Å². The molecule has 0 N–H and O–H groups in total. The number of morpholine rings is 1. The molecule has 186 valence electrons. The van der Waals surface area contributed by atoms with E-state index in [1.54, 1.807) is 35.7 Å². The average molecular weight is 499 g/mol. The van der Waals surface area contributed by atoms with Crippen LogP contribution in [0.15, 0.2) is 64.3 Å². The Morgan fingerprint density at radius 1 is 1.00 bits per heavy atom. The van der Waals surface area contributed by atoms with Gasteiger partial charge in [0.2, 0.25) is 0 Å². The molecule has 0 bridgehead atoms. The number of carbonyl (C=O) groups is 1. The number of benzene rings is 2. The lowest BCUT2D eigenvalue weighted by Gasteiger charge is -2.35. The fraction of sp³-hybridized carbons (Fsp3) is 0.360. The van der Waals surface area contributed by atoms with Crippen LogP contribution in [0.1, 0.15) is 29.9 Å². The zero-order valence-corrected chi connectivity index (χ0v) is 21.3. The molecule has 1 saturated heterocycles. The summed E-state index contributed by atoms with van der Waals surface area (Å²) in [5.41, 5.74) is 1.16. The topological polar surface area (TPSA) is 93.9 Å². The Bertz CT molecular complexity index is 1380. The van der Waals surface area contributed by atoms with Crippen LogP contribution in [0.2, 0.25) is 0 Å². The molecular formula is C25H30N4O5S. The summed E-state index contributed by atoms with van der Waals surface area (Å²) in [6, 6.07) is 14.9. The number of ether oxygens (including phenoxy) is 1. The van der Waals surface area contributed by atoms with E-state index in [0.717, 1.165) is 4.31 Å². The molecule has 1 fully saturated rings. The summed E-state index contributed by atoms with van der Waals surface area (Å²) in [6.45, 7) is 6.49. The minimum atomic E-state index is -4.05. The number of nitrogens with zero attached hydrogens (tertiary/aromatic N) is 4. The summed E-state index contributed by atoms with van der Waals surface area (Å²) in [5.74, 6) is -0.172. The van der Waals surface area contributed by atoms with Gasteiger partial charge in [-0.05, 0) is 57.2 Å². The highest BCUT2D eigenvalue weighted by Crippen LogP contribution is 2.24. The van der Waals surface area contributed by atoms with Gasteiger partial charge in [-0.3, -0.25) is 18.6 Å². The number of rotatable bonds is 5. The van der Waals surface area contributed by atoms with Gasteiger partial charge in [-0.15, -0.1) is 0 Å². The zero-order chi connectivity index (χ0) is 25.5. The highest BCUT2D eigenvalue weighted by molar-refractivity contribution is 7.92. The molecule has 4 rings (SSSR count). The first-order chi connectivity index (χ1) is 16.5. The van der Waals surface area contributed by atoms with Gasteiger partial charge in [-0.1, -0.05) is 18.2 Å². The van der Waals surface area contributed by atoms with Crippen molar-refractivity contribution < 1.29 is 17.9 Å². The van der Waals surface area contributed by atoms with Crippen molar-refractivity contribution in [3.63, 3.8) is 0 Å². The zero-order valence-electron chi connectivity index (χ0n) is 20.5. The summed E-state index contributed by atoms with van der Waals surface area (Å²) in [5, 5.41) is 0. The molecule has 1 aliphatic rings. The number of hydrogen-bond acceptors (Lipinski definition) is 5. The van der Waals surface area contributed by atoms with Crippen molar-refractivity contribution in [1.82, 2.24) is 14.3 Å². The van der Waals surface area contributed by atoms with Crippen LogP contribution in [0.5, 0.6) is 0 Å². The van der Waals surface area contributed by atoms with Gasteiger partial charge >= 0.3 is 0 Å². The third kappa shape index (κ3) is 4.51. The Labute approximate surface area is 205 Å². The van der Waals surface area contributed by atoms with Crippen molar-refractivity contribution in [1.29, 1.82) is 0 Å². The molecule has 0 radical (unpaired) electrons. The predicted octanol–water partition coefficient (Wildman–Crippen LogP) is 2.56. The first-order valence-electron chi connectivity index (χ1n) is 11.4. The van der Waals surface area contributed by atoms with Gasteiger partial charge in [0, 0.05) is 32.7 Å². The molecule has 1 aliphatic heterocycles. The van der Waals surface area contributed by atoms with Crippen molar-refractivity contribution in [2.75, 3.05) is 24.4 Å². The van der Waals surface area contributed by atoms with E-state index < -0.39 is 15.6 Å². The fourth-order valence-electron chi connectivity index (χ4n) is 4.49. The molecule has 2 heterocycles. The maximum Gasteiger partial charge on any atom is 0.296 e. The lowest BCUT2D eigenvalue weighted by molar-refractivity contribution is -0.0586. The Morgan fingerprint density at radius 2 is 1.57 bits per heavy atom. The molecular weight excluding hydrogens is 468 g/mol. The van der Waals surface area contributed by atoms with Gasteiger partial charge in [0.25, 0.3) is 21.5 Å². The highest BCUT2D eigenvalue weighted by atomic mass is 32.2. The van der Waals surface area contributed by atoms with Crippen LogP contribution >= 0.6 is 0 Å². The minimum absolute atomic E-state index is 0.00539. The number of amides is 1. The molecule has 1 amide bonds. The van der Waals surface area contributed by atoms with E-state index in [1.807, 2.05) is 32.0 Å². The minimum Gasteiger partial charge on any atom is -0.372 e. The Morgan fingerprint density at radius 3 is 2.14 bits per heavy atom. The summed E-state index contributed by atoms with van der Waals surface area (Å²) >= 11 is 0. The summed E-state index contributed by atoms with van der Waals surface area (Å²) < 4.78 is 36.6. The van der Waals surface area contributed by atoms with Gasteiger partial charge in [0.05, 0.1) is 28.5 Å². The molecule has 1 aromatic heterocycles. The molecule has 0 spiro atoms. The van der Waals surface area contributed by atoms with E-state index in [1.165, 1.54) is 36.0 Å². The summed E-state index contributed by atoms with van der Waals surface area (Å²) in [6.07, 6.45) is -0.130. The number of para-hydroxylation sites is 1. The number of sulfonamides is 1. The maximum absolute atomic E-state index is 13.4. The van der Waals surface area contributed by atoms with Crippen LogP contribution in [0, 0.1) is 6.92 Å². The standard InChI is InChI=1S/C25H30N4O5S/c1-17-15-28(16-18(2)34-17)24(30)20-11-13-22(14-12-20)35(32,33)27(5)23-19(3)26(4)29(25(23)31)21-9-7-6-8-10-21/h6-14,17-18H,15-16H2,1-5H3/t17-,18+. The SMILES string of the molecule is Cc1c(N(C)S(=O)(=O)c2ccc(C(=O)N3C[C@@H](C)O[C@@H](C)C3)cc2)c(=O)n(-c2ccccc2)n1C. The van der Waals surface area contributed by atoms with Crippen LogP contribution in [0.25, 0.3) is 5.69 Å². The Balaban J connectivity index is 1.63. The predicted molar refractivity (Wildman–Crippen MR) is 134 cm³/mol. The average Bonchev–Trinajstić information content (AvgIpc) is 3.05. The molecule has 0 unspecified atom stereocenters. The molecule has 2 aromatic carbocycles. The van der Waals surface area contributed by atoms with E-state index in [4.69, 9.17) is 4.74 Å². The van der Waals surface area contributed by atoms with Gasteiger partial charge in [-0.25, -0.2) is 13.1 Å². The second kappa shape index (κ2) is 9.35. The van der Waals surface area contributed by atoms with Gasteiger partial charge in [0.15, 0.2) is 0 Å². The number of carbonyl (C=O) groups excluding carboxylic acids is 1. The third-order valence-corrected chi connectivity index (χ3v) is 8.08. The third-order valence-electron chi connectivity index (χ3n) is 6.31. The van der Waals surface area contributed by atoms with Crippen LogP contribution in [0.3, 0.4) is 0 Å². The van der Waals surface area contributed by atoms with Crippen LogP contribution in [0.4, 0.5) is 5.69 Å². The van der Waals surface area contributed by atoms with Gasteiger partial charge in [-0.2, -0.15) is 0 Å². The monoisotopic (exact) mass is 498 g/mol. The summed E-state index contributed by atoms with van der Waals surface area (Å²) in [7, 11) is -0.971. The lowest BCUT2D eigenvalue weighted by atomic mass is 10.1. The first-order valence-corrected chi connectivity index (χ1v) is 12.8. The molecule has 35 heavy (non-hydrogen) atoms. The van der Waals surface area contributed by atoms with Crippen molar-refractivity contribution in [3.05, 3.63) is 76.2 Å². The smallest absolute Gasteiger partial charge is 0.296 e. The molecule has 2 atom stereocenters. The molecule has 3 aromatic rings. The summed E-state index contributed by atoms with van der Waals surface area (Å²) in [4.78, 5) is 27.9. The van der Waals surface area contributed by atoms with E-state index in [-0.39, 0.29) is 28.7 Å². The largest absolute Gasteiger partial charge is 0.372 e. The van der Waals surface area contributed by atoms with E-state index in [0.29, 0.717) is 30.0 Å². The van der Waals surface area contributed by atoms with E-state index >= 15 is 0 Å². The fourth-order valence-corrected chi connectivity index (χ4v) is 5.74. The second-order valence-electron chi connectivity index (χ2n) is 8.87. The molecule has 0 aliphatic carbocycles. The Hall–Kier alpha value is -3.37. The molecule has 0 saturated carbocycles. The quantitative estimate of drug-likeness (QED) is 0.539. The van der Waals surface area contributed by atoms with Crippen LogP contribution in [-0.4, -0.2) is 60.9 Å². The van der Waals surface area contributed by atoms with Gasteiger partial charge in [0.1, 0.15) is 5.69 Å². The molecule has 10 heteroatoms. The number of anilines is 1. The lowest BCUT2D eigenvalue weighted by Crippen LogP contribution is -2.48. The van der Waals surface area contributed by atoms with Gasteiger partial charge < -0.3 is 9.64 Å². The normalized spacial score (nSPS) is 18.5. The van der Waals surface area contributed by atoms with Crippen molar-refractivity contribution >= 4 is 21.6 Å².